The molecule has 0 fully saturated rings. The molecule has 0 saturated heterocycles. The standard InChI is InChI=1S/C19H23FN2O2.ClH/c1-24-18-9-8-16(12-17(18)20)13-19(23)22(11-5-10-21)14-15-6-3-2-4-7-15;/h2-4,6-9,12H,5,10-11,13-14,21H2,1H3;1H. The fourth-order valence-electron chi connectivity index (χ4n) is 2.48. The van der Waals surface area contributed by atoms with Crippen LogP contribution in [0.1, 0.15) is 17.5 Å². The van der Waals surface area contributed by atoms with E-state index in [-0.39, 0.29) is 30.5 Å². The highest BCUT2D eigenvalue weighted by Crippen LogP contribution is 2.18. The summed E-state index contributed by atoms with van der Waals surface area (Å²) in [5.74, 6) is -0.327. The van der Waals surface area contributed by atoms with Crippen LogP contribution in [-0.2, 0) is 17.8 Å². The van der Waals surface area contributed by atoms with Crippen molar-refractivity contribution in [3.8, 4) is 5.75 Å². The molecule has 6 heteroatoms. The summed E-state index contributed by atoms with van der Waals surface area (Å²) in [5, 5.41) is 0. The highest BCUT2D eigenvalue weighted by molar-refractivity contribution is 5.85. The van der Waals surface area contributed by atoms with E-state index < -0.39 is 5.82 Å². The molecule has 0 spiro atoms. The number of hydrogen-bond donors (Lipinski definition) is 1. The average molecular weight is 367 g/mol. The van der Waals surface area contributed by atoms with Crippen molar-refractivity contribution in [3.05, 3.63) is 65.5 Å². The minimum Gasteiger partial charge on any atom is -0.494 e. The van der Waals surface area contributed by atoms with Crippen LogP contribution in [0.3, 0.4) is 0 Å². The third-order valence-electron chi connectivity index (χ3n) is 3.77. The smallest absolute Gasteiger partial charge is 0.227 e. The van der Waals surface area contributed by atoms with E-state index in [9.17, 15) is 9.18 Å². The zero-order chi connectivity index (χ0) is 17.4. The summed E-state index contributed by atoms with van der Waals surface area (Å²) in [6.07, 6.45) is 0.883. The Hall–Kier alpha value is -2.11. The summed E-state index contributed by atoms with van der Waals surface area (Å²) >= 11 is 0. The van der Waals surface area contributed by atoms with Crippen LogP contribution in [0.15, 0.2) is 48.5 Å². The first-order chi connectivity index (χ1) is 11.6. The van der Waals surface area contributed by atoms with Gasteiger partial charge in [-0.05, 0) is 36.2 Å². The lowest BCUT2D eigenvalue weighted by atomic mass is 10.1. The highest BCUT2D eigenvalue weighted by Gasteiger charge is 2.15. The van der Waals surface area contributed by atoms with Gasteiger partial charge in [-0.25, -0.2) is 4.39 Å². The van der Waals surface area contributed by atoms with Crippen molar-refractivity contribution in [1.29, 1.82) is 0 Å². The molecule has 0 radical (unpaired) electrons. The van der Waals surface area contributed by atoms with E-state index in [0.29, 0.717) is 25.2 Å². The number of methoxy groups -OCH3 is 1. The first kappa shape index (κ1) is 20.9. The first-order valence-electron chi connectivity index (χ1n) is 7.98. The van der Waals surface area contributed by atoms with E-state index >= 15 is 0 Å². The molecule has 0 aliphatic heterocycles. The van der Waals surface area contributed by atoms with Crippen LogP contribution in [0.25, 0.3) is 0 Å². The van der Waals surface area contributed by atoms with Gasteiger partial charge in [0.1, 0.15) is 0 Å². The Kier molecular flexibility index (Phi) is 8.95. The molecule has 25 heavy (non-hydrogen) atoms. The van der Waals surface area contributed by atoms with Crippen molar-refractivity contribution >= 4 is 18.3 Å². The number of halogens is 2. The second-order valence-corrected chi connectivity index (χ2v) is 5.59. The number of benzene rings is 2. The molecule has 0 bridgehead atoms. The molecular weight excluding hydrogens is 343 g/mol. The molecule has 2 aromatic rings. The molecule has 0 saturated carbocycles. The molecule has 0 atom stereocenters. The zero-order valence-corrected chi connectivity index (χ0v) is 15.1. The van der Waals surface area contributed by atoms with Crippen LogP contribution in [0, 0.1) is 5.82 Å². The number of hydrogen-bond acceptors (Lipinski definition) is 3. The minimum absolute atomic E-state index is 0. The third kappa shape index (κ3) is 6.36. The van der Waals surface area contributed by atoms with Crippen molar-refractivity contribution in [2.45, 2.75) is 19.4 Å². The number of nitrogens with two attached hydrogens (primary N) is 1. The summed E-state index contributed by atoms with van der Waals surface area (Å²) in [7, 11) is 1.41. The predicted molar refractivity (Wildman–Crippen MR) is 99.4 cm³/mol. The molecule has 2 N–H and O–H groups in total. The predicted octanol–water partition coefficient (Wildman–Crippen LogP) is 3.18. The van der Waals surface area contributed by atoms with Crippen LogP contribution >= 0.6 is 12.4 Å². The molecule has 2 aromatic carbocycles. The summed E-state index contributed by atoms with van der Waals surface area (Å²) < 4.78 is 18.7. The first-order valence-corrected chi connectivity index (χ1v) is 7.98. The van der Waals surface area contributed by atoms with Gasteiger partial charge in [-0.1, -0.05) is 36.4 Å². The van der Waals surface area contributed by atoms with Crippen molar-refractivity contribution in [3.63, 3.8) is 0 Å². The average Bonchev–Trinajstić information content (AvgIpc) is 2.59. The third-order valence-corrected chi connectivity index (χ3v) is 3.77. The molecule has 0 unspecified atom stereocenters. The molecule has 0 heterocycles. The van der Waals surface area contributed by atoms with Crippen LogP contribution < -0.4 is 10.5 Å². The van der Waals surface area contributed by atoms with Crippen LogP contribution in [0.5, 0.6) is 5.75 Å². The van der Waals surface area contributed by atoms with Gasteiger partial charge < -0.3 is 15.4 Å². The largest absolute Gasteiger partial charge is 0.494 e. The van der Waals surface area contributed by atoms with E-state index in [4.69, 9.17) is 10.5 Å². The van der Waals surface area contributed by atoms with E-state index in [1.165, 1.54) is 13.2 Å². The maximum atomic E-state index is 13.8. The van der Waals surface area contributed by atoms with Crippen LogP contribution in [-0.4, -0.2) is 31.0 Å². The van der Waals surface area contributed by atoms with E-state index in [0.717, 1.165) is 12.0 Å². The molecule has 136 valence electrons. The lowest BCUT2D eigenvalue weighted by Gasteiger charge is -2.23. The van der Waals surface area contributed by atoms with Gasteiger partial charge in [-0.2, -0.15) is 0 Å². The van der Waals surface area contributed by atoms with Gasteiger partial charge in [0.05, 0.1) is 13.5 Å². The number of carbonyl (C=O) groups is 1. The van der Waals surface area contributed by atoms with Gasteiger partial charge in [-0.15, -0.1) is 12.4 Å². The van der Waals surface area contributed by atoms with Gasteiger partial charge in [0, 0.05) is 13.1 Å². The van der Waals surface area contributed by atoms with Crippen LogP contribution in [0.2, 0.25) is 0 Å². The SMILES string of the molecule is COc1ccc(CC(=O)N(CCCN)Cc2ccccc2)cc1F.Cl. The second-order valence-electron chi connectivity index (χ2n) is 5.59. The molecule has 4 nitrogen and oxygen atoms in total. The molecule has 2 rings (SSSR count). The Labute approximate surface area is 154 Å². The Bertz CT molecular complexity index is 668. The Morgan fingerprint density at radius 1 is 1.16 bits per heavy atom. The number of carbonyl (C=O) groups excluding carboxylic acids is 1. The lowest BCUT2D eigenvalue weighted by molar-refractivity contribution is -0.131. The molecule has 0 aliphatic carbocycles. The maximum absolute atomic E-state index is 13.8. The minimum atomic E-state index is -0.459. The molecule has 0 aliphatic rings. The van der Waals surface area contributed by atoms with Gasteiger partial charge in [0.15, 0.2) is 11.6 Å². The van der Waals surface area contributed by atoms with Gasteiger partial charge in [0.25, 0.3) is 0 Å². The summed E-state index contributed by atoms with van der Waals surface area (Å²) in [6.45, 7) is 1.64. The number of amides is 1. The van der Waals surface area contributed by atoms with E-state index in [1.807, 2.05) is 30.3 Å². The van der Waals surface area contributed by atoms with Crippen molar-refractivity contribution in [1.82, 2.24) is 4.90 Å². The molecule has 0 aromatic heterocycles. The number of rotatable bonds is 8. The Morgan fingerprint density at radius 2 is 1.88 bits per heavy atom. The number of nitrogens with zero attached hydrogens (tertiary/aromatic N) is 1. The van der Waals surface area contributed by atoms with Gasteiger partial charge >= 0.3 is 0 Å². The molecular formula is C19H24ClFN2O2. The fraction of sp³-hybridized carbons (Fsp3) is 0.316. The van der Waals surface area contributed by atoms with Crippen molar-refractivity contribution in [2.24, 2.45) is 5.73 Å². The summed E-state index contributed by atoms with van der Waals surface area (Å²) in [6, 6.07) is 14.4. The maximum Gasteiger partial charge on any atom is 0.227 e. The summed E-state index contributed by atoms with van der Waals surface area (Å²) in [5.41, 5.74) is 7.26. The van der Waals surface area contributed by atoms with Gasteiger partial charge in [0.2, 0.25) is 5.91 Å². The highest BCUT2D eigenvalue weighted by atomic mass is 35.5. The zero-order valence-electron chi connectivity index (χ0n) is 14.3. The Balaban J connectivity index is 0.00000312. The Morgan fingerprint density at radius 3 is 2.48 bits per heavy atom. The second kappa shape index (κ2) is 10.7. The number of ether oxygens (including phenoxy) is 1. The summed E-state index contributed by atoms with van der Waals surface area (Å²) in [4.78, 5) is 14.4. The van der Waals surface area contributed by atoms with E-state index in [1.54, 1.807) is 17.0 Å². The normalized spacial score (nSPS) is 10.0. The molecule has 1 amide bonds. The van der Waals surface area contributed by atoms with Crippen LogP contribution in [0.4, 0.5) is 4.39 Å². The quantitative estimate of drug-likeness (QED) is 0.780. The monoisotopic (exact) mass is 366 g/mol. The topological polar surface area (TPSA) is 55.6 Å². The van der Waals surface area contributed by atoms with E-state index in [2.05, 4.69) is 0 Å². The lowest BCUT2D eigenvalue weighted by Crippen LogP contribution is -2.33. The van der Waals surface area contributed by atoms with Crippen molar-refractivity contribution in [2.75, 3.05) is 20.2 Å². The van der Waals surface area contributed by atoms with Crippen molar-refractivity contribution < 1.29 is 13.9 Å². The van der Waals surface area contributed by atoms with Gasteiger partial charge in [-0.3, -0.25) is 4.79 Å². The fourth-order valence-corrected chi connectivity index (χ4v) is 2.48.